The van der Waals surface area contributed by atoms with E-state index >= 15 is 0 Å². The average molecular weight is 294 g/mol. The molecule has 1 aromatic rings. The minimum Gasteiger partial charge on any atom is -0.495 e. The Hall–Kier alpha value is -2.08. The van der Waals surface area contributed by atoms with Gasteiger partial charge in [-0.15, -0.1) is 0 Å². The molecule has 2 N–H and O–H groups in total. The number of nitrogens with one attached hydrogen (secondary N) is 2. The summed E-state index contributed by atoms with van der Waals surface area (Å²) in [5.74, 6) is 0.452. The number of amides is 2. The van der Waals surface area contributed by atoms with E-state index in [0.29, 0.717) is 11.4 Å². The van der Waals surface area contributed by atoms with Crippen molar-refractivity contribution >= 4 is 17.5 Å². The van der Waals surface area contributed by atoms with Crippen molar-refractivity contribution in [1.82, 2.24) is 4.90 Å². The lowest BCUT2D eigenvalue weighted by atomic mass is 10.2. The van der Waals surface area contributed by atoms with Crippen LogP contribution in [0, 0.1) is 0 Å². The SMILES string of the molecule is COc1ccccc1NC(=O)[C@H](C)[NH+](C)CC(=O)N(C)C. The van der Waals surface area contributed by atoms with Gasteiger partial charge < -0.3 is 19.9 Å². The molecule has 6 nitrogen and oxygen atoms in total. The quantitative estimate of drug-likeness (QED) is 0.752. The topological polar surface area (TPSA) is 63.1 Å². The van der Waals surface area contributed by atoms with E-state index in [9.17, 15) is 9.59 Å². The molecule has 0 aliphatic rings. The Morgan fingerprint density at radius 1 is 1.33 bits per heavy atom. The molecule has 1 unspecified atom stereocenters. The Kier molecular flexibility index (Phi) is 6.17. The number of likely N-dealkylation sites (N-methyl/N-ethyl adjacent to an activating group) is 2. The standard InChI is InChI=1S/C15H23N3O3/c1-11(18(4)10-14(19)17(2)3)15(20)16-12-8-6-7-9-13(12)21-5/h6-9,11H,10H2,1-5H3,(H,16,20)/p+1/t11-/m0/s1. The Morgan fingerprint density at radius 2 is 1.95 bits per heavy atom. The van der Waals surface area contributed by atoms with E-state index in [1.54, 1.807) is 40.3 Å². The van der Waals surface area contributed by atoms with Gasteiger partial charge in [0.05, 0.1) is 19.8 Å². The van der Waals surface area contributed by atoms with Gasteiger partial charge in [-0.05, 0) is 19.1 Å². The molecule has 116 valence electrons. The van der Waals surface area contributed by atoms with Crippen molar-refractivity contribution in [2.75, 3.05) is 40.1 Å². The number of hydrogen-bond donors (Lipinski definition) is 2. The second kappa shape index (κ2) is 7.64. The second-order valence-corrected chi connectivity index (χ2v) is 5.22. The summed E-state index contributed by atoms with van der Waals surface area (Å²) >= 11 is 0. The normalized spacial score (nSPS) is 13.2. The highest BCUT2D eigenvalue weighted by Crippen LogP contribution is 2.22. The Balaban J connectivity index is 2.68. The minimum absolute atomic E-state index is 0.00978. The van der Waals surface area contributed by atoms with E-state index in [1.165, 1.54) is 4.90 Å². The van der Waals surface area contributed by atoms with Gasteiger partial charge in [0.25, 0.3) is 11.8 Å². The molecule has 0 heterocycles. The number of ether oxygens (including phenoxy) is 1. The molecular formula is C15H24N3O3+. The average Bonchev–Trinajstić information content (AvgIpc) is 2.46. The number of quaternary nitrogens is 1. The molecule has 0 saturated carbocycles. The molecule has 0 spiro atoms. The highest BCUT2D eigenvalue weighted by atomic mass is 16.5. The van der Waals surface area contributed by atoms with Crippen LogP contribution in [-0.4, -0.2) is 57.6 Å². The van der Waals surface area contributed by atoms with E-state index in [4.69, 9.17) is 4.74 Å². The highest BCUT2D eigenvalue weighted by Gasteiger charge is 2.25. The van der Waals surface area contributed by atoms with Gasteiger partial charge in [0.15, 0.2) is 12.6 Å². The maximum atomic E-state index is 12.3. The van der Waals surface area contributed by atoms with E-state index in [0.717, 1.165) is 4.90 Å². The predicted molar refractivity (Wildman–Crippen MR) is 81.5 cm³/mol. The van der Waals surface area contributed by atoms with Crippen LogP contribution in [0.2, 0.25) is 0 Å². The predicted octanol–water partition coefficient (Wildman–Crippen LogP) is -0.375. The van der Waals surface area contributed by atoms with Crippen molar-refractivity contribution in [1.29, 1.82) is 0 Å². The first kappa shape index (κ1) is 17.0. The van der Waals surface area contributed by atoms with Crippen molar-refractivity contribution in [2.24, 2.45) is 0 Å². The molecular weight excluding hydrogens is 270 g/mol. The number of carbonyl (C=O) groups excluding carboxylic acids is 2. The molecule has 0 aromatic heterocycles. The van der Waals surface area contributed by atoms with Crippen LogP contribution in [0.5, 0.6) is 5.75 Å². The maximum absolute atomic E-state index is 12.3. The fraction of sp³-hybridized carbons (Fsp3) is 0.467. The molecule has 21 heavy (non-hydrogen) atoms. The summed E-state index contributed by atoms with van der Waals surface area (Å²) in [5, 5.41) is 2.83. The maximum Gasteiger partial charge on any atom is 0.282 e. The van der Waals surface area contributed by atoms with Crippen LogP contribution in [0.15, 0.2) is 24.3 Å². The Labute approximate surface area is 125 Å². The third kappa shape index (κ3) is 4.75. The van der Waals surface area contributed by atoms with Crippen molar-refractivity contribution < 1.29 is 19.2 Å². The fourth-order valence-corrected chi connectivity index (χ4v) is 1.76. The lowest BCUT2D eigenvalue weighted by molar-refractivity contribution is -0.886. The number of benzene rings is 1. The molecule has 6 heteroatoms. The summed E-state index contributed by atoms with van der Waals surface area (Å²) in [5.41, 5.74) is 0.628. The molecule has 2 amide bonds. The lowest BCUT2D eigenvalue weighted by Gasteiger charge is -2.22. The monoisotopic (exact) mass is 294 g/mol. The van der Waals surface area contributed by atoms with Gasteiger partial charge in [-0.25, -0.2) is 0 Å². The summed E-state index contributed by atoms with van der Waals surface area (Å²) < 4.78 is 5.20. The van der Waals surface area contributed by atoms with Gasteiger partial charge in [0.2, 0.25) is 0 Å². The van der Waals surface area contributed by atoms with Gasteiger partial charge in [0, 0.05) is 14.1 Å². The van der Waals surface area contributed by atoms with Gasteiger partial charge in [-0.3, -0.25) is 9.59 Å². The van der Waals surface area contributed by atoms with Crippen molar-refractivity contribution in [3.05, 3.63) is 24.3 Å². The number of nitrogens with zero attached hydrogens (tertiary/aromatic N) is 1. The zero-order chi connectivity index (χ0) is 16.0. The molecule has 0 fully saturated rings. The van der Waals surface area contributed by atoms with Crippen molar-refractivity contribution in [2.45, 2.75) is 13.0 Å². The highest BCUT2D eigenvalue weighted by molar-refractivity contribution is 5.95. The van der Waals surface area contributed by atoms with Crippen LogP contribution in [-0.2, 0) is 9.59 Å². The molecule has 1 aromatic carbocycles. The van der Waals surface area contributed by atoms with Crippen LogP contribution in [0.25, 0.3) is 0 Å². The largest absolute Gasteiger partial charge is 0.495 e. The molecule has 0 bridgehead atoms. The van der Waals surface area contributed by atoms with Crippen molar-refractivity contribution in [3.63, 3.8) is 0 Å². The minimum atomic E-state index is -0.348. The summed E-state index contributed by atoms with van der Waals surface area (Å²) in [6.07, 6.45) is 0. The van der Waals surface area contributed by atoms with E-state index in [1.807, 2.05) is 19.2 Å². The van der Waals surface area contributed by atoms with Gasteiger partial charge in [-0.1, -0.05) is 12.1 Å². The number of rotatable bonds is 6. The van der Waals surface area contributed by atoms with Crippen LogP contribution >= 0.6 is 0 Å². The second-order valence-electron chi connectivity index (χ2n) is 5.22. The molecule has 1 rings (SSSR count). The first-order valence-electron chi connectivity index (χ1n) is 6.83. The van der Waals surface area contributed by atoms with Crippen LogP contribution in [0.1, 0.15) is 6.92 Å². The summed E-state index contributed by atoms with van der Waals surface area (Å²) in [4.78, 5) is 26.3. The fourth-order valence-electron chi connectivity index (χ4n) is 1.76. The van der Waals surface area contributed by atoms with Crippen LogP contribution in [0.4, 0.5) is 5.69 Å². The Bertz CT molecular complexity index is 503. The van der Waals surface area contributed by atoms with E-state index in [2.05, 4.69) is 5.32 Å². The molecule has 0 aliphatic heterocycles. The number of para-hydroxylation sites is 2. The Morgan fingerprint density at radius 3 is 2.52 bits per heavy atom. The molecule has 0 saturated heterocycles. The first-order valence-corrected chi connectivity index (χ1v) is 6.83. The van der Waals surface area contributed by atoms with Gasteiger partial charge >= 0.3 is 0 Å². The van der Waals surface area contributed by atoms with Gasteiger partial charge in [0.1, 0.15) is 5.75 Å². The number of carbonyl (C=O) groups is 2. The summed E-state index contributed by atoms with van der Waals surface area (Å²) in [6.45, 7) is 2.07. The molecule has 2 atom stereocenters. The van der Waals surface area contributed by atoms with Crippen LogP contribution < -0.4 is 15.0 Å². The third-order valence-electron chi connectivity index (χ3n) is 3.43. The zero-order valence-corrected chi connectivity index (χ0v) is 13.3. The van der Waals surface area contributed by atoms with E-state index in [-0.39, 0.29) is 24.4 Å². The molecule has 0 radical (unpaired) electrons. The summed E-state index contributed by atoms with van der Waals surface area (Å²) in [6, 6.07) is 6.88. The number of methoxy groups -OCH3 is 1. The first-order chi connectivity index (χ1) is 9.86. The third-order valence-corrected chi connectivity index (χ3v) is 3.43. The van der Waals surface area contributed by atoms with E-state index < -0.39 is 0 Å². The van der Waals surface area contributed by atoms with Gasteiger partial charge in [-0.2, -0.15) is 0 Å². The lowest BCUT2D eigenvalue weighted by Crippen LogP contribution is -3.15. The number of hydrogen-bond acceptors (Lipinski definition) is 3. The molecule has 0 aliphatic carbocycles. The number of anilines is 1. The zero-order valence-electron chi connectivity index (χ0n) is 13.3. The van der Waals surface area contributed by atoms with Crippen LogP contribution in [0.3, 0.4) is 0 Å². The smallest absolute Gasteiger partial charge is 0.282 e. The summed E-state index contributed by atoms with van der Waals surface area (Å²) in [7, 11) is 6.79. The van der Waals surface area contributed by atoms with Crippen molar-refractivity contribution in [3.8, 4) is 5.75 Å².